The molecule has 2 rings (SSSR count). The molecule has 0 N–H and O–H groups in total. The number of nitrogens with zero attached hydrogens (tertiary/aromatic N) is 4. The molecule has 0 spiro atoms. The van der Waals surface area contributed by atoms with Crippen LogP contribution in [-0.2, 0) is 11.3 Å². The van der Waals surface area contributed by atoms with Crippen molar-refractivity contribution in [2.24, 2.45) is 5.92 Å². The largest absolute Gasteiger partial charge is 0.461 e. The van der Waals surface area contributed by atoms with E-state index in [0.29, 0.717) is 23.3 Å². The molecule has 2 aromatic rings. The fourth-order valence-corrected chi connectivity index (χ4v) is 3.16. The fourth-order valence-electron chi connectivity index (χ4n) is 2.31. The molecule has 126 valence electrons. The standard InChI is InChI=1S/C16H24N4O2S/c1-5-19(6-2)14(21)11-23-16-18-17-15(13-8-7-9-22-13)20(16)10-12(3)4/h7-9,12H,5-6,10-11H2,1-4H3. The molecule has 0 bridgehead atoms. The molecule has 0 aromatic carbocycles. The van der Waals surface area contributed by atoms with Crippen molar-refractivity contribution in [3.05, 3.63) is 18.4 Å². The normalized spacial score (nSPS) is 11.2. The molecule has 0 saturated carbocycles. The summed E-state index contributed by atoms with van der Waals surface area (Å²) in [5.41, 5.74) is 0. The Balaban J connectivity index is 2.17. The quantitative estimate of drug-likeness (QED) is 0.693. The summed E-state index contributed by atoms with van der Waals surface area (Å²) in [6.07, 6.45) is 1.63. The van der Waals surface area contributed by atoms with E-state index >= 15 is 0 Å². The third kappa shape index (κ3) is 4.37. The van der Waals surface area contributed by atoms with Gasteiger partial charge in [-0.3, -0.25) is 9.36 Å². The first-order valence-electron chi connectivity index (χ1n) is 7.94. The van der Waals surface area contributed by atoms with Gasteiger partial charge in [0.25, 0.3) is 0 Å². The molecule has 0 aliphatic carbocycles. The lowest BCUT2D eigenvalue weighted by molar-refractivity contribution is -0.127. The highest BCUT2D eigenvalue weighted by molar-refractivity contribution is 7.99. The molecule has 0 saturated heterocycles. The lowest BCUT2D eigenvalue weighted by Crippen LogP contribution is -2.32. The van der Waals surface area contributed by atoms with E-state index in [1.54, 1.807) is 6.26 Å². The summed E-state index contributed by atoms with van der Waals surface area (Å²) in [7, 11) is 0. The van der Waals surface area contributed by atoms with Gasteiger partial charge in [-0.05, 0) is 31.9 Å². The zero-order valence-electron chi connectivity index (χ0n) is 14.2. The van der Waals surface area contributed by atoms with E-state index in [-0.39, 0.29) is 5.91 Å². The van der Waals surface area contributed by atoms with Crippen LogP contribution in [0.2, 0.25) is 0 Å². The summed E-state index contributed by atoms with van der Waals surface area (Å²) >= 11 is 1.43. The Morgan fingerprint density at radius 2 is 2.09 bits per heavy atom. The third-order valence-electron chi connectivity index (χ3n) is 3.45. The van der Waals surface area contributed by atoms with E-state index in [1.165, 1.54) is 11.8 Å². The second kappa shape index (κ2) is 8.19. The molecule has 2 heterocycles. The van der Waals surface area contributed by atoms with Gasteiger partial charge in [0.1, 0.15) is 0 Å². The number of carbonyl (C=O) groups is 1. The second-order valence-electron chi connectivity index (χ2n) is 5.64. The maximum atomic E-state index is 12.2. The van der Waals surface area contributed by atoms with Crippen molar-refractivity contribution in [2.75, 3.05) is 18.8 Å². The molecule has 7 heteroatoms. The smallest absolute Gasteiger partial charge is 0.233 e. The molecule has 0 aliphatic heterocycles. The number of hydrogen-bond donors (Lipinski definition) is 0. The minimum atomic E-state index is 0.124. The lowest BCUT2D eigenvalue weighted by Gasteiger charge is -2.18. The number of carbonyl (C=O) groups excluding carboxylic acids is 1. The Hall–Kier alpha value is -1.76. The van der Waals surface area contributed by atoms with E-state index in [1.807, 2.05) is 35.4 Å². The van der Waals surface area contributed by atoms with Crippen LogP contribution in [0.4, 0.5) is 0 Å². The van der Waals surface area contributed by atoms with Crippen molar-refractivity contribution in [3.8, 4) is 11.6 Å². The molecule has 0 unspecified atom stereocenters. The predicted octanol–water partition coefficient (Wildman–Crippen LogP) is 3.15. The van der Waals surface area contributed by atoms with E-state index in [9.17, 15) is 4.79 Å². The molecule has 6 nitrogen and oxygen atoms in total. The number of aromatic nitrogens is 3. The number of rotatable bonds is 8. The van der Waals surface area contributed by atoms with Crippen LogP contribution in [0.25, 0.3) is 11.6 Å². The van der Waals surface area contributed by atoms with Crippen LogP contribution in [0.5, 0.6) is 0 Å². The van der Waals surface area contributed by atoms with Crippen molar-refractivity contribution in [1.82, 2.24) is 19.7 Å². The van der Waals surface area contributed by atoms with Crippen LogP contribution in [0.1, 0.15) is 27.7 Å². The molecule has 0 aliphatic rings. The second-order valence-corrected chi connectivity index (χ2v) is 6.59. The van der Waals surface area contributed by atoms with Gasteiger partial charge in [0.2, 0.25) is 5.91 Å². The summed E-state index contributed by atoms with van der Waals surface area (Å²) in [6, 6.07) is 3.71. The zero-order valence-corrected chi connectivity index (χ0v) is 15.0. The highest BCUT2D eigenvalue weighted by atomic mass is 32.2. The Bertz CT molecular complexity index is 618. The summed E-state index contributed by atoms with van der Waals surface area (Å²) in [5.74, 6) is 2.34. The van der Waals surface area contributed by atoms with Gasteiger partial charge in [0.15, 0.2) is 16.7 Å². The Morgan fingerprint density at radius 1 is 1.35 bits per heavy atom. The maximum Gasteiger partial charge on any atom is 0.233 e. The molecule has 2 aromatic heterocycles. The first kappa shape index (κ1) is 17.6. The summed E-state index contributed by atoms with van der Waals surface area (Å²) in [4.78, 5) is 14.0. The molecular weight excluding hydrogens is 312 g/mol. The molecule has 0 radical (unpaired) electrons. The Kier molecular flexibility index (Phi) is 6.27. The summed E-state index contributed by atoms with van der Waals surface area (Å²) in [5, 5.41) is 9.26. The van der Waals surface area contributed by atoms with Crippen molar-refractivity contribution in [1.29, 1.82) is 0 Å². The van der Waals surface area contributed by atoms with Gasteiger partial charge in [-0.15, -0.1) is 10.2 Å². The Morgan fingerprint density at radius 3 is 2.65 bits per heavy atom. The average molecular weight is 336 g/mol. The number of hydrogen-bond acceptors (Lipinski definition) is 5. The molecule has 0 atom stereocenters. The average Bonchev–Trinajstić information content (AvgIpc) is 3.15. The molecular formula is C16H24N4O2S. The predicted molar refractivity (Wildman–Crippen MR) is 91.2 cm³/mol. The van der Waals surface area contributed by atoms with Crippen molar-refractivity contribution < 1.29 is 9.21 Å². The van der Waals surface area contributed by atoms with Gasteiger partial charge in [0.05, 0.1) is 12.0 Å². The number of amides is 1. The van der Waals surface area contributed by atoms with Gasteiger partial charge >= 0.3 is 0 Å². The van der Waals surface area contributed by atoms with E-state index in [0.717, 1.165) is 24.8 Å². The molecule has 0 fully saturated rings. The van der Waals surface area contributed by atoms with Crippen molar-refractivity contribution in [2.45, 2.75) is 39.4 Å². The summed E-state index contributed by atoms with van der Waals surface area (Å²) < 4.78 is 7.48. The van der Waals surface area contributed by atoms with Gasteiger partial charge in [0, 0.05) is 19.6 Å². The van der Waals surface area contributed by atoms with Gasteiger partial charge in [-0.1, -0.05) is 25.6 Å². The monoisotopic (exact) mass is 336 g/mol. The van der Waals surface area contributed by atoms with Crippen molar-refractivity contribution >= 4 is 17.7 Å². The Labute approximate surface area is 141 Å². The zero-order chi connectivity index (χ0) is 16.8. The minimum absolute atomic E-state index is 0.124. The van der Waals surface area contributed by atoms with Crippen LogP contribution in [0.15, 0.2) is 28.0 Å². The van der Waals surface area contributed by atoms with Gasteiger partial charge < -0.3 is 9.32 Å². The summed E-state index contributed by atoms with van der Waals surface area (Å²) in [6.45, 7) is 10.5. The highest BCUT2D eigenvalue weighted by Gasteiger charge is 2.19. The fraction of sp³-hybridized carbons (Fsp3) is 0.562. The van der Waals surface area contributed by atoms with E-state index in [2.05, 4.69) is 24.0 Å². The van der Waals surface area contributed by atoms with Gasteiger partial charge in [-0.25, -0.2) is 0 Å². The SMILES string of the molecule is CCN(CC)C(=O)CSc1nnc(-c2ccco2)n1CC(C)C. The van der Waals surface area contributed by atoms with Crippen LogP contribution < -0.4 is 0 Å². The van der Waals surface area contributed by atoms with E-state index < -0.39 is 0 Å². The van der Waals surface area contributed by atoms with Crippen molar-refractivity contribution in [3.63, 3.8) is 0 Å². The van der Waals surface area contributed by atoms with Crippen LogP contribution in [0.3, 0.4) is 0 Å². The number of furan rings is 1. The van der Waals surface area contributed by atoms with Crippen LogP contribution in [-0.4, -0.2) is 44.4 Å². The first-order chi connectivity index (χ1) is 11.1. The van der Waals surface area contributed by atoms with Gasteiger partial charge in [-0.2, -0.15) is 0 Å². The van der Waals surface area contributed by atoms with Crippen LogP contribution >= 0.6 is 11.8 Å². The maximum absolute atomic E-state index is 12.2. The minimum Gasteiger partial charge on any atom is -0.461 e. The molecule has 1 amide bonds. The highest BCUT2D eigenvalue weighted by Crippen LogP contribution is 2.25. The molecule has 23 heavy (non-hydrogen) atoms. The lowest BCUT2D eigenvalue weighted by atomic mass is 10.2. The number of thioether (sulfide) groups is 1. The van der Waals surface area contributed by atoms with Crippen LogP contribution in [0, 0.1) is 5.92 Å². The van der Waals surface area contributed by atoms with E-state index in [4.69, 9.17) is 4.42 Å². The third-order valence-corrected chi connectivity index (χ3v) is 4.40. The first-order valence-corrected chi connectivity index (χ1v) is 8.93. The topological polar surface area (TPSA) is 64.2 Å².